The van der Waals surface area contributed by atoms with Gasteiger partial charge in [0.15, 0.2) is 5.69 Å². The molecule has 1 aliphatic rings. The van der Waals surface area contributed by atoms with Crippen LogP contribution in [-0.2, 0) is 0 Å². The van der Waals surface area contributed by atoms with Gasteiger partial charge in [-0.25, -0.2) is 9.37 Å². The second-order valence-electron chi connectivity index (χ2n) is 8.26. The number of carbonyl (C=O) groups is 1. The summed E-state index contributed by atoms with van der Waals surface area (Å²) in [5, 5.41) is 3.46. The minimum absolute atomic E-state index is 0.000804. The zero-order chi connectivity index (χ0) is 22.8. The molecule has 1 N–H and O–H groups in total. The van der Waals surface area contributed by atoms with Crippen LogP contribution in [0.3, 0.4) is 0 Å². The molecule has 1 fully saturated rings. The van der Waals surface area contributed by atoms with Crippen molar-refractivity contribution in [2.75, 3.05) is 6.54 Å². The number of amides is 1. The van der Waals surface area contributed by atoms with Crippen LogP contribution >= 0.6 is 23.2 Å². The fraction of sp³-hybridized carbons (Fsp3) is 0.360. The molecule has 0 bridgehead atoms. The molecule has 0 saturated heterocycles. The summed E-state index contributed by atoms with van der Waals surface area (Å²) in [5.41, 5.74) is 3.40. The molecule has 1 aromatic heterocycles. The summed E-state index contributed by atoms with van der Waals surface area (Å²) >= 11 is 12.5. The van der Waals surface area contributed by atoms with Crippen LogP contribution in [-0.4, -0.2) is 22.0 Å². The highest BCUT2D eigenvalue weighted by molar-refractivity contribution is 6.31. The van der Waals surface area contributed by atoms with Gasteiger partial charge in [0.1, 0.15) is 11.6 Å². The number of aromatic nitrogens is 2. The number of hydrogen-bond acceptors (Lipinski definition) is 2. The largest absolute Gasteiger partial charge is 0.351 e. The molecule has 1 heterocycles. The van der Waals surface area contributed by atoms with Crippen molar-refractivity contribution in [3.8, 4) is 16.9 Å². The van der Waals surface area contributed by atoms with Crippen LogP contribution in [0.4, 0.5) is 4.39 Å². The molecular weight excluding hydrogens is 448 g/mol. The zero-order valence-electron chi connectivity index (χ0n) is 18.2. The molecule has 3 aromatic rings. The predicted octanol–water partition coefficient (Wildman–Crippen LogP) is 7.09. The van der Waals surface area contributed by atoms with Crippen LogP contribution in [0.15, 0.2) is 36.4 Å². The molecule has 4 rings (SSSR count). The molecule has 0 spiro atoms. The van der Waals surface area contributed by atoms with E-state index in [9.17, 15) is 9.18 Å². The summed E-state index contributed by atoms with van der Waals surface area (Å²) in [6.07, 6.45) is 5.47. The number of imidazole rings is 1. The van der Waals surface area contributed by atoms with Gasteiger partial charge in [-0.15, -0.1) is 0 Å². The van der Waals surface area contributed by atoms with Gasteiger partial charge in [-0.1, -0.05) is 48.5 Å². The Bertz CT molecular complexity index is 1150. The average Bonchev–Trinajstić information content (AvgIpc) is 3.18. The summed E-state index contributed by atoms with van der Waals surface area (Å²) in [7, 11) is 0. The van der Waals surface area contributed by atoms with E-state index in [1.807, 2.05) is 36.6 Å². The lowest BCUT2D eigenvalue weighted by Crippen LogP contribution is -2.24. The Morgan fingerprint density at radius 3 is 2.59 bits per heavy atom. The normalized spacial score (nSPS) is 14.5. The Balaban J connectivity index is 2.05. The third-order valence-electron chi connectivity index (χ3n) is 6.03. The van der Waals surface area contributed by atoms with Crippen LogP contribution in [0, 0.1) is 12.7 Å². The first-order valence-electron chi connectivity index (χ1n) is 11.0. The van der Waals surface area contributed by atoms with Crippen LogP contribution < -0.4 is 5.32 Å². The monoisotopic (exact) mass is 473 g/mol. The van der Waals surface area contributed by atoms with Crippen molar-refractivity contribution in [2.45, 2.75) is 51.9 Å². The molecule has 0 unspecified atom stereocenters. The van der Waals surface area contributed by atoms with Gasteiger partial charge in [-0.3, -0.25) is 9.36 Å². The van der Waals surface area contributed by atoms with Gasteiger partial charge in [-0.2, -0.15) is 0 Å². The number of nitrogens with one attached hydrogen (secondary N) is 1. The number of carbonyl (C=O) groups excluding carboxylic acids is 1. The Morgan fingerprint density at radius 1 is 1.16 bits per heavy atom. The van der Waals surface area contributed by atoms with E-state index in [1.165, 1.54) is 12.5 Å². The average molecular weight is 474 g/mol. The van der Waals surface area contributed by atoms with Gasteiger partial charge in [0.25, 0.3) is 5.91 Å². The van der Waals surface area contributed by atoms with Crippen molar-refractivity contribution in [3.63, 3.8) is 0 Å². The lowest BCUT2D eigenvalue weighted by Gasteiger charge is -2.24. The lowest BCUT2D eigenvalue weighted by molar-refractivity contribution is 0.0952. The molecule has 1 aliphatic carbocycles. The molecule has 0 atom stereocenters. The number of aryl methyl sites for hydroxylation is 1. The van der Waals surface area contributed by atoms with E-state index in [2.05, 4.69) is 5.32 Å². The van der Waals surface area contributed by atoms with E-state index in [-0.39, 0.29) is 16.8 Å². The first-order chi connectivity index (χ1) is 15.4. The molecule has 7 heteroatoms. The second kappa shape index (κ2) is 9.63. The van der Waals surface area contributed by atoms with Crippen LogP contribution in [0.1, 0.15) is 66.8 Å². The molecule has 32 heavy (non-hydrogen) atoms. The fourth-order valence-electron chi connectivity index (χ4n) is 4.45. The zero-order valence-corrected chi connectivity index (χ0v) is 19.7. The second-order valence-corrected chi connectivity index (χ2v) is 9.10. The summed E-state index contributed by atoms with van der Waals surface area (Å²) in [5.74, 6) is 0.290. The maximum absolute atomic E-state index is 14.0. The molecule has 1 amide bonds. The first kappa shape index (κ1) is 22.8. The summed E-state index contributed by atoms with van der Waals surface area (Å²) in [6.45, 7) is 4.35. The smallest absolute Gasteiger partial charge is 0.272 e. The molecule has 4 nitrogen and oxygen atoms in total. The van der Waals surface area contributed by atoms with Crippen LogP contribution in [0.5, 0.6) is 0 Å². The van der Waals surface area contributed by atoms with Crippen molar-refractivity contribution in [1.82, 2.24) is 14.9 Å². The topological polar surface area (TPSA) is 46.9 Å². The molecular formula is C25H26Cl2FN3O. The van der Waals surface area contributed by atoms with Crippen molar-refractivity contribution in [2.24, 2.45) is 0 Å². The minimum Gasteiger partial charge on any atom is -0.351 e. The molecule has 1 saturated carbocycles. The quantitative estimate of drug-likeness (QED) is 0.429. The van der Waals surface area contributed by atoms with E-state index >= 15 is 0 Å². The molecule has 0 radical (unpaired) electrons. The predicted molar refractivity (Wildman–Crippen MR) is 128 cm³/mol. The Kier molecular flexibility index (Phi) is 6.87. The SMILES string of the molecule is CCNC(=O)c1nc(C2CCCCC2)n(-c2cc(Cl)ccc2C)c1-c1ccc(F)c(Cl)c1. The lowest BCUT2D eigenvalue weighted by atomic mass is 9.88. The van der Waals surface area contributed by atoms with Crippen LogP contribution in [0.25, 0.3) is 16.9 Å². The standard InChI is InChI=1S/C25H26Cl2FN3O/c1-3-29-25(32)22-23(17-10-12-20(28)19(27)13-17)31(21-14-18(26)11-9-15(21)2)24(30-22)16-7-5-4-6-8-16/h9-14,16H,3-8H2,1-2H3,(H,29,32). The number of halogens is 3. The molecule has 0 aliphatic heterocycles. The van der Waals surface area contributed by atoms with Gasteiger partial charge in [0.2, 0.25) is 0 Å². The van der Waals surface area contributed by atoms with Crippen molar-refractivity contribution >= 4 is 29.1 Å². The van der Waals surface area contributed by atoms with Gasteiger partial charge in [0.05, 0.1) is 16.4 Å². The Hall–Kier alpha value is -2.37. The van der Waals surface area contributed by atoms with Gasteiger partial charge >= 0.3 is 0 Å². The summed E-state index contributed by atoms with van der Waals surface area (Å²) in [6, 6.07) is 10.2. The van der Waals surface area contributed by atoms with E-state index in [0.29, 0.717) is 28.5 Å². The van der Waals surface area contributed by atoms with Gasteiger partial charge in [0, 0.05) is 23.0 Å². The molecule has 168 valence electrons. The Morgan fingerprint density at radius 2 is 1.91 bits per heavy atom. The van der Waals surface area contributed by atoms with Crippen molar-refractivity contribution in [3.05, 3.63) is 69.3 Å². The third kappa shape index (κ3) is 4.41. The third-order valence-corrected chi connectivity index (χ3v) is 6.56. The van der Waals surface area contributed by atoms with E-state index in [4.69, 9.17) is 28.2 Å². The van der Waals surface area contributed by atoms with Crippen molar-refractivity contribution in [1.29, 1.82) is 0 Å². The highest BCUT2D eigenvalue weighted by atomic mass is 35.5. The van der Waals surface area contributed by atoms with E-state index in [1.54, 1.807) is 12.1 Å². The fourth-order valence-corrected chi connectivity index (χ4v) is 4.80. The first-order valence-corrected chi connectivity index (χ1v) is 11.8. The minimum atomic E-state index is -0.507. The Labute approximate surface area is 197 Å². The highest BCUT2D eigenvalue weighted by Gasteiger charge is 2.30. The number of hydrogen-bond donors (Lipinski definition) is 1. The molecule has 2 aromatic carbocycles. The highest BCUT2D eigenvalue weighted by Crippen LogP contribution is 2.39. The van der Waals surface area contributed by atoms with Gasteiger partial charge < -0.3 is 5.32 Å². The maximum Gasteiger partial charge on any atom is 0.272 e. The summed E-state index contributed by atoms with van der Waals surface area (Å²) in [4.78, 5) is 18.0. The number of nitrogens with zero attached hydrogens (tertiary/aromatic N) is 2. The van der Waals surface area contributed by atoms with E-state index in [0.717, 1.165) is 42.8 Å². The van der Waals surface area contributed by atoms with Crippen molar-refractivity contribution < 1.29 is 9.18 Å². The number of rotatable bonds is 5. The summed E-state index contributed by atoms with van der Waals surface area (Å²) < 4.78 is 16.0. The number of benzene rings is 2. The van der Waals surface area contributed by atoms with Gasteiger partial charge in [-0.05, 0) is 62.6 Å². The van der Waals surface area contributed by atoms with E-state index < -0.39 is 5.82 Å². The maximum atomic E-state index is 14.0. The van der Waals surface area contributed by atoms with Crippen LogP contribution in [0.2, 0.25) is 10.0 Å².